The Hall–Kier alpha value is -0.440. The number of thioether (sulfide) groups is 1. The van der Waals surface area contributed by atoms with E-state index in [-0.39, 0.29) is 0 Å². The molecule has 1 unspecified atom stereocenters. The number of hydrogen-bond acceptors (Lipinski definition) is 5. The van der Waals surface area contributed by atoms with E-state index in [1.54, 1.807) is 0 Å². The van der Waals surface area contributed by atoms with Gasteiger partial charge in [0, 0.05) is 24.1 Å². The van der Waals surface area contributed by atoms with Crippen LogP contribution in [0.5, 0.6) is 0 Å². The van der Waals surface area contributed by atoms with Gasteiger partial charge in [-0.15, -0.1) is 0 Å². The summed E-state index contributed by atoms with van der Waals surface area (Å²) in [5.74, 6) is 2.22. The zero-order chi connectivity index (χ0) is 10.8. The molecular formula is C9H10ClN3S2. The Kier molecular flexibility index (Phi) is 3.39. The maximum absolute atomic E-state index is 8.81. The summed E-state index contributed by atoms with van der Waals surface area (Å²) >= 11 is 9.19. The van der Waals surface area contributed by atoms with E-state index in [1.165, 1.54) is 11.3 Å². The molecule has 0 N–H and O–H groups in total. The van der Waals surface area contributed by atoms with Crippen LogP contribution < -0.4 is 4.90 Å². The number of rotatable bonds is 1. The van der Waals surface area contributed by atoms with Crippen molar-refractivity contribution in [1.82, 2.24) is 4.98 Å². The molecule has 1 aliphatic rings. The second-order valence-electron chi connectivity index (χ2n) is 3.35. The highest BCUT2D eigenvalue weighted by Gasteiger charge is 2.22. The van der Waals surface area contributed by atoms with Gasteiger partial charge in [0.2, 0.25) is 0 Å². The van der Waals surface area contributed by atoms with E-state index in [9.17, 15) is 0 Å². The Morgan fingerprint density at radius 3 is 3.07 bits per heavy atom. The van der Waals surface area contributed by atoms with Gasteiger partial charge in [0.05, 0.1) is 0 Å². The molecule has 1 atom stereocenters. The van der Waals surface area contributed by atoms with Crippen LogP contribution in [0.1, 0.15) is 11.8 Å². The summed E-state index contributed by atoms with van der Waals surface area (Å²) in [5.41, 5.74) is 0. The van der Waals surface area contributed by atoms with Crippen molar-refractivity contribution in [2.75, 3.05) is 23.0 Å². The van der Waals surface area contributed by atoms with Crippen LogP contribution in [0.25, 0.3) is 0 Å². The standard InChI is InChI=1S/C9H10ClN3S2/c1-6-5-14-3-2-13(6)9-12-8(10)7(4-11)15-9/h6H,2-3,5H2,1H3. The van der Waals surface area contributed by atoms with E-state index < -0.39 is 0 Å². The lowest BCUT2D eigenvalue weighted by Crippen LogP contribution is -2.40. The maximum atomic E-state index is 8.81. The van der Waals surface area contributed by atoms with Gasteiger partial charge in [0.15, 0.2) is 10.3 Å². The van der Waals surface area contributed by atoms with Gasteiger partial charge in [0.1, 0.15) is 10.9 Å². The van der Waals surface area contributed by atoms with Gasteiger partial charge in [-0.2, -0.15) is 17.0 Å². The molecule has 15 heavy (non-hydrogen) atoms. The number of thiazole rings is 1. The van der Waals surface area contributed by atoms with Gasteiger partial charge >= 0.3 is 0 Å². The molecule has 1 aromatic heterocycles. The molecule has 2 rings (SSSR count). The second kappa shape index (κ2) is 4.60. The molecule has 0 saturated carbocycles. The fourth-order valence-corrected chi connectivity index (χ4v) is 3.68. The summed E-state index contributed by atoms with van der Waals surface area (Å²) < 4.78 is 0. The van der Waals surface area contributed by atoms with Gasteiger partial charge in [-0.1, -0.05) is 22.9 Å². The van der Waals surface area contributed by atoms with E-state index in [2.05, 4.69) is 22.9 Å². The molecule has 0 bridgehead atoms. The largest absolute Gasteiger partial charge is 0.344 e. The SMILES string of the molecule is CC1CSCCN1c1nc(Cl)c(C#N)s1. The molecule has 0 spiro atoms. The third-order valence-corrected chi connectivity index (χ3v) is 4.86. The van der Waals surface area contributed by atoms with Crippen molar-refractivity contribution in [2.45, 2.75) is 13.0 Å². The zero-order valence-electron chi connectivity index (χ0n) is 8.23. The van der Waals surface area contributed by atoms with Crippen molar-refractivity contribution in [1.29, 1.82) is 5.26 Å². The van der Waals surface area contributed by atoms with Crippen molar-refractivity contribution in [3.63, 3.8) is 0 Å². The Morgan fingerprint density at radius 2 is 2.47 bits per heavy atom. The number of hydrogen-bond donors (Lipinski definition) is 0. The first-order chi connectivity index (χ1) is 7.22. The number of aromatic nitrogens is 1. The van der Waals surface area contributed by atoms with Gasteiger partial charge in [-0.25, -0.2) is 4.98 Å². The molecule has 1 aliphatic heterocycles. The summed E-state index contributed by atoms with van der Waals surface area (Å²) in [4.78, 5) is 6.97. The molecule has 1 fully saturated rings. The van der Waals surface area contributed by atoms with Gasteiger partial charge in [0.25, 0.3) is 0 Å². The molecule has 0 aromatic carbocycles. The molecule has 1 aromatic rings. The lowest BCUT2D eigenvalue weighted by atomic mass is 10.3. The summed E-state index contributed by atoms with van der Waals surface area (Å²) in [6, 6.07) is 2.53. The van der Waals surface area contributed by atoms with Crippen molar-refractivity contribution < 1.29 is 0 Å². The van der Waals surface area contributed by atoms with Crippen LogP contribution in [0.4, 0.5) is 5.13 Å². The highest BCUT2D eigenvalue weighted by atomic mass is 35.5. The van der Waals surface area contributed by atoms with Crippen LogP contribution in [0.2, 0.25) is 5.15 Å². The van der Waals surface area contributed by atoms with Crippen molar-refractivity contribution in [3.8, 4) is 6.07 Å². The lowest BCUT2D eigenvalue weighted by molar-refractivity contribution is 0.697. The molecule has 0 radical (unpaired) electrons. The van der Waals surface area contributed by atoms with Crippen LogP contribution in [0, 0.1) is 11.3 Å². The Bertz CT molecular complexity index is 399. The third-order valence-electron chi connectivity index (χ3n) is 2.29. The molecule has 0 aliphatic carbocycles. The van der Waals surface area contributed by atoms with Gasteiger partial charge in [-0.05, 0) is 6.92 Å². The van der Waals surface area contributed by atoms with E-state index >= 15 is 0 Å². The van der Waals surface area contributed by atoms with E-state index in [1.807, 2.05) is 11.8 Å². The third kappa shape index (κ3) is 2.22. The van der Waals surface area contributed by atoms with Gasteiger partial charge < -0.3 is 4.90 Å². The Labute approximate surface area is 102 Å². The first-order valence-corrected chi connectivity index (χ1v) is 6.98. The van der Waals surface area contributed by atoms with Gasteiger partial charge in [-0.3, -0.25) is 0 Å². The first kappa shape index (κ1) is 11.1. The van der Waals surface area contributed by atoms with Crippen LogP contribution >= 0.6 is 34.7 Å². The van der Waals surface area contributed by atoms with E-state index in [0.717, 1.165) is 23.2 Å². The summed E-state index contributed by atoms with van der Waals surface area (Å²) in [5, 5.41) is 10.0. The fraction of sp³-hybridized carbons (Fsp3) is 0.556. The minimum atomic E-state index is 0.336. The molecule has 1 saturated heterocycles. The summed E-state index contributed by atoms with van der Waals surface area (Å²) in [6.45, 7) is 3.16. The van der Waals surface area contributed by atoms with Crippen LogP contribution in [-0.2, 0) is 0 Å². The number of anilines is 1. The monoisotopic (exact) mass is 259 g/mol. The number of halogens is 1. The number of nitriles is 1. The molecule has 2 heterocycles. The number of nitrogens with zero attached hydrogens (tertiary/aromatic N) is 3. The normalized spacial score (nSPS) is 21.4. The maximum Gasteiger partial charge on any atom is 0.188 e. The quantitative estimate of drug-likeness (QED) is 0.777. The molecule has 6 heteroatoms. The molecule has 0 amide bonds. The smallest absolute Gasteiger partial charge is 0.188 e. The van der Waals surface area contributed by atoms with E-state index in [0.29, 0.717) is 16.1 Å². The van der Waals surface area contributed by atoms with Crippen molar-refractivity contribution in [2.24, 2.45) is 0 Å². The lowest BCUT2D eigenvalue weighted by Gasteiger charge is -2.32. The van der Waals surface area contributed by atoms with E-state index in [4.69, 9.17) is 16.9 Å². The Balaban J connectivity index is 2.25. The van der Waals surface area contributed by atoms with Crippen LogP contribution in [-0.4, -0.2) is 29.1 Å². The van der Waals surface area contributed by atoms with Crippen LogP contribution in [0.3, 0.4) is 0 Å². The average molecular weight is 260 g/mol. The zero-order valence-corrected chi connectivity index (χ0v) is 10.6. The predicted molar refractivity (Wildman–Crippen MR) is 66.0 cm³/mol. The molecular weight excluding hydrogens is 250 g/mol. The first-order valence-electron chi connectivity index (χ1n) is 4.63. The summed E-state index contributed by atoms with van der Waals surface area (Å²) in [6.07, 6.45) is 0. The Morgan fingerprint density at radius 1 is 1.67 bits per heavy atom. The summed E-state index contributed by atoms with van der Waals surface area (Å²) in [7, 11) is 0. The molecule has 3 nitrogen and oxygen atoms in total. The van der Waals surface area contributed by atoms with Crippen molar-refractivity contribution >= 4 is 39.8 Å². The minimum Gasteiger partial charge on any atom is -0.344 e. The van der Waals surface area contributed by atoms with Crippen molar-refractivity contribution in [3.05, 3.63) is 10.0 Å². The minimum absolute atomic E-state index is 0.336. The highest BCUT2D eigenvalue weighted by molar-refractivity contribution is 7.99. The predicted octanol–water partition coefficient (Wildman–Crippen LogP) is 2.61. The topological polar surface area (TPSA) is 39.9 Å². The molecule has 80 valence electrons. The highest BCUT2D eigenvalue weighted by Crippen LogP contribution is 2.32. The second-order valence-corrected chi connectivity index (χ2v) is 5.83. The fourth-order valence-electron chi connectivity index (χ4n) is 1.49. The average Bonchev–Trinajstić information content (AvgIpc) is 2.60. The van der Waals surface area contributed by atoms with Crippen LogP contribution in [0.15, 0.2) is 0 Å².